The average molecular weight is 309 g/mol. The molecule has 114 valence electrons. The highest BCUT2D eigenvalue weighted by Gasteiger charge is 2.30. The zero-order valence-electron chi connectivity index (χ0n) is 11.0. The smallest absolute Gasteiger partial charge is 0.417 e. The number of hydrogen-bond acceptors (Lipinski definition) is 4. The summed E-state index contributed by atoms with van der Waals surface area (Å²) in [5.74, 6) is -0.873. The Morgan fingerprint density at radius 3 is 2.36 bits per heavy atom. The summed E-state index contributed by atoms with van der Waals surface area (Å²) in [5, 5.41) is 12.6. The van der Waals surface area contributed by atoms with E-state index in [2.05, 4.69) is 15.5 Å². The fourth-order valence-corrected chi connectivity index (χ4v) is 1.51. The van der Waals surface area contributed by atoms with Crippen molar-refractivity contribution in [3.63, 3.8) is 0 Å². The Balaban J connectivity index is 1.98. The topological polar surface area (TPSA) is 74.6 Å². The molecule has 5 nitrogen and oxygen atoms in total. The van der Waals surface area contributed by atoms with Gasteiger partial charge in [-0.25, -0.2) is 9.78 Å². The maximum absolute atomic E-state index is 12.4. The number of nitrogens with zero attached hydrogens (tertiary/aromatic N) is 2. The van der Waals surface area contributed by atoms with Crippen molar-refractivity contribution in [3.8, 4) is 0 Å². The quantitative estimate of drug-likeness (QED) is 0.671. The van der Waals surface area contributed by atoms with Crippen molar-refractivity contribution in [1.82, 2.24) is 4.98 Å². The molecule has 0 spiro atoms. The number of pyridine rings is 1. The summed E-state index contributed by atoms with van der Waals surface area (Å²) in [6.45, 7) is 0. The van der Waals surface area contributed by atoms with Crippen LogP contribution >= 0.6 is 0 Å². The molecule has 0 saturated carbocycles. The van der Waals surface area contributed by atoms with E-state index >= 15 is 0 Å². The molecule has 0 aliphatic heterocycles. The van der Waals surface area contributed by atoms with E-state index in [0.29, 0.717) is 11.8 Å². The van der Waals surface area contributed by atoms with Crippen LogP contribution in [0.2, 0.25) is 0 Å². The molecule has 1 aromatic carbocycles. The van der Waals surface area contributed by atoms with Gasteiger partial charge in [-0.2, -0.15) is 18.3 Å². The van der Waals surface area contributed by atoms with E-state index in [1.54, 1.807) is 12.1 Å². The van der Waals surface area contributed by atoms with Gasteiger partial charge in [-0.05, 0) is 29.8 Å². The van der Waals surface area contributed by atoms with Gasteiger partial charge < -0.3 is 5.11 Å². The first-order valence-electron chi connectivity index (χ1n) is 6.02. The third-order valence-electron chi connectivity index (χ3n) is 2.64. The van der Waals surface area contributed by atoms with Crippen LogP contribution in [0.15, 0.2) is 47.7 Å². The molecule has 0 aliphatic carbocycles. The Morgan fingerprint density at radius 2 is 1.86 bits per heavy atom. The number of hydrogen-bond donors (Lipinski definition) is 2. The number of rotatable bonds is 4. The fourth-order valence-electron chi connectivity index (χ4n) is 1.51. The Bertz CT molecular complexity index is 680. The molecule has 0 fully saturated rings. The molecule has 8 heteroatoms. The maximum atomic E-state index is 12.4. The summed E-state index contributed by atoms with van der Waals surface area (Å²) in [7, 11) is 0. The number of aromatic nitrogens is 1. The molecule has 2 rings (SSSR count). The van der Waals surface area contributed by atoms with Crippen LogP contribution in [0.25, 0.3) is 0 Å². The minimum atomic E-state index is -4.43. The molecule has 0 unspecified atom stereocenters. The highest BCUT2D eigenvalue weighted by molar-refractivity contribution is 5.89. The predicted molar refractivity (Wildman–Crippen MR) is 73.9 cm³/mol. The minimum absolute atomic E-state index is 0.148. The van der Waals surface area contributed by atoms with Crippen molar-refractivity contribution in [2.75, 3.05) is 5.43 Å². The van der Waals surface area contributed by atoms with Crippen LogP contribution in [-0.2, 0) is 6.18 Å². The van der Waals surface area contributed by atoms with E-state index in [0.717, 1.165) is 12.1 Å². The first-order chi connectivity index (χ1) is 10.4. The second-order valence-corrected chi connectivity index (χ2v) is 4.23. The summed E-state index contributed by atoms with van der Waals surface area (Å²) in [4.78, 5) is 14.3. The van der Waals surface area contributed by atoms with Gasteiger partial charge in [0.25, 0.3) is 0 Å². The first kappa shape index (κ1) is 15.5. The lowest BCUT2D eigenvalue weighted by Crippen LogP contribution is -2.05. The molecular weight excluding hydrogens is 299 g/mol. The minimum Gasteiger partial charge on any atom is -0.478 e. The van der Waals surface area contributed by atoms with E-state index < -0.39 is 17.7 Å². The van der Waals surface area contributed by atoms with Gasteiger partial charge in [0.05, 0.1) is 17.3 Å². The normalized spacial score (nSPS) is 11.6. The molecular formula is C14H10F3N3O2. The van der Waals surface area contributed by atoms with Crippen LogP contribution in [0.3, 0.4) is 0 Å². The van der Waals surface area contributed by atoms with Crippen LogP contribution in [0.4, 0.5) is 19.0 Å². The summed E-state index contributed by atoms with van der Waals surface area (Å²) in [5.41, 5.74) is 2.42. The Kier molecular flexibility index (Phi) is 4.40. The zero-order valence-corrected chi connectivity index (χ0v) is 11.0. The number of carbonyl (C=O) groups is 1. The number of alkyl halides is 3. The van der Waals surface area contributed by atoms with Crippen molar-refractivity contribution in [2.24, 2.45) is 5.10 Å². The number of benzene rings is 1. The van der Waals surface area contributed by atoms with Crippen molar-refractivity contribution >= 4 is 18.0 Å². The fraction of sp³-hybridized carbons (Fsp3) is 0.0714. The summed E-state index contributed by atoms with van der Waals surface area (Å²) in [6.07, 6.45) is -2.33. The molecule has 1 aromatic heterocycles. The number of hydrazone groups is 1. The van der Waals surface area contributed by atoms with Crippen molar-refractivity contribution in [2.45, 2.75) is 6.18 Å². The lowest BCUT2D eigenvalue weighted by molar-refractivity contribution is -0.137. The van der Waals surface area contributed by atoms with Crippen molar-refractivity contribution in [1.29, 1.82) is 0 Å². The third-order valence-corrected chi connectivity index (χ3v) is 2.64. The van der Waals surface area contributed by atoms with Gasteiger partial charge in [-0.1, -0.05) is 12.1 Å². The van der Waals surface area contributed by atoms with Crippen LogP contribution in [0, 0.1) is 0 Å². The highest BCUT2D eigenvalue weighted by atomic mass is 19.4. The standard InChI is InChI=1S/C14H10F3N3O2/c15-14(16,17)11-5-6-12(18-8-11)20-19-7-9-1-3-10(4-2-9)13(21)22/h1-8H,(H,18,20)(H,21,22)/b19-7-. The Morgan fingerprint density at radius 1 is 1.18 bits per heavy atom. The Labute approximate surface area is 123 Å². The van der Waals surface area contributed by atoms with Gasteiger partial charge in [-0.3, -0.25) is 5.43 Å². The lowest BCUT2D eigenvalue weighted by Gasteiger charge is -2.06. The molecule has 0 saturated heterocycles. The van der Waals surface area contributed by atoms with Gasteiger partial charge >= 0.3 is 12.1 Å². The number of aromatic carboxylic acids is 1. The molecule has 22 heavy (non-hydrogen) atoms. The zero-order chi connectivity index (χ0) is 16.2. The molecule has 1 heterocycles. The molecule has 2 aromatic rings. The number of halogens is 3. The predicted octanol–water partition coefficient (Wildman–Crippen LogP) is 3.24. The molecule has 0 bridgehead atoms. The van der Waals surface area contributed by atoms with E-state index in [-0.39, 0.29) is 11.4 Å². The Hall–Kier alpha value is -2.90. The van der Waals surface area contributed by atoms with Crippen LogP contribution < -0.4 is 5.43 Å². The molecule has 0 aliphatic rings. The number of carboxylic acid groups (broad SMARTS) is 1. The highest BCUT2D eigenvalue weighted by Crippen LogP contribution is 2.28. The van der Waals surface area contributed by atoms with E-state index in [1.807, 2.05) is 0 Å². The molecule has 0 amide bonds. The van der Waals surface area contributed by atoms with Crippen LogP contribution in [0.5, 0.6) is 0 Å². The van der Waals surface area contributed by atoms with E-state index in [1.165, 1.54) is 18.3 Å². The SMILES string of the molecule is O=C(O)c1ccc(/C=N\Nc2ccc(C(F)(F)F)cn2)cc1. The number of carboxylic acids is 1. The van der Waals surface area contributed by atoms with E-state index in [9.17, 15) is 18.0 Å². The van der Waals surface area contributed by atoms with E-state index in [4.69, 9.17) is 5.11 Å². The monoisotopic (exact) mass is 309 g/mol. The van der Waals surface area contributed by atoms with Gasteiger partial charge in [0.1, 0.15) is 5.82 Å². The second-order valence-electron chi connectivity index (χ2n) is 4.23. The summed E-state index contributed by atoms with van der Waals surface area (Å²) >= 11 is 0. The lowest BCUT2D eigenvalue weighted by atomic mass is 10.1. The summed E-state index contributed by atoms with van der Waals surface area (Å²) < 4.78 is 37.1. The van der Waals surface area contributed by atoms with Gasteiger partial charge in [0, 0.05) is 6.20 Å². The molecule has 0 atom stereocenters. The van der Waals surface area contributed by atoms with Gasteiger partial charge in [0.2, 0.25) is 0 Å². The van der Waals surface area contributed by atoms with Crippen molar-refractivity contribution in [3.05, 3.63) is 59.3 Å². The first-order valence-corrected chi connectivity index (χ1v) is 6.02. The summed E-state index contributed by atoms with van der Waals surface area (Å²) in [6, 6.07) is 7.99. The second kappa shape index (κ2) is 6.25. The third kappa shape index (κ3) is 4.05. The van der Waals surface area contributed by atoms with Gasteiger partial charge in [0.15, 0.2) is 0 Å². The number of anilines is 1. The van der Waals surface area contributed by atoms with Gasteiger partial charge in [-0.15, -0.1) is 0 Å². The molecule has 2 N–H and O–H groups in total. The number of nitrogens with one attached hydrogen (secondary N) is 1. The maximum Gasteiger partial charge on any atom is 0.417 e. The van der Waals surface area contributed by atoms with Crippen molar-refractivity contribution < 1.29 is 23.1 Å². The largest absolute Gasteiger partial charge is 0.478 e. The van der Waals surface area contributed by atoms with Crippen LogP contribution in [-0.4, -0.2) is 22.3 Å². The van der Waals surface area contributed by atoms with Crippen LogP contribution in [0.1, 0.15) is 21.5 Å². The average Bonchev–Trinajstić information content (AvgIpc) is 2.47. The molecule has 0 radical (unpaired) electrons.